The first kappa shape index (κ1) is 16.1. The summed E-state index contributed by atoms with van der Waals surface area (Å²) in [6.45, 7) is 1.48. The molecule has 3 aromatic rings. The summed E-state index contributed by atoms with van der Waals surface area (Å²) in [5, 5.41) is 3.77. The third-order valence-electron chi connectivity index (χ3n) is 3.68. The molecule has 0 aliphatic rings. The maximum absolute atomic E-state index is 12.1. The molecule has 1 aromatic heterocycles. The van der Waals surface area contributed by atoms with E-state index in [4.69, 9.17) is 9.47 Å². The van der Waals surface area contributed by atoms with Gasteiger partial charge in [-0.05, 0) is 23.8 Å². The zero-order valence-electron chi connectivity index (χ0n) is 13.5. The highest BCUT2D eigenvalue weighted by Crippen LogP contribution is 2.22. The summed E-state index contributed by atoms with van der Waals surface area (Å²) in [5.74, 6) is 0.620. The first-order valence-corrected chi connectivity index (χ1v) is 7.83. The van der Waals surface area contributed by atoms with E-state index >= 15 is 0 Å². The maximum Gasteiger partial charge on any atom is 0.267 e. The highest BCUT2D eigenvalue weighted by atomic mass is 16.5. The van der Waals surface area contributed by atoms with Gasteiger partial charge in [0, 0.05) is 30.6 Å². The SMILES string of the molecule is COCCNC(=O)c1cc2ccc(OCc3ccccc3)cc2[nH]1. The van der Waals surface area contributed by atoms with Crippen molar-refractivity contribution in [2.75, 3.05) is 20.3 Å². The van der Waals surface area contributed by atoms with E-state index in [1.165, 1.54) is 0 Å². The molecule has 0 atom stereocenters. The number of amides is 1. The van der Waals surface area contributed by atoms with Crippen molar-refractivity contribution >= 4 is 16.8 Å². The summed E-state index contributed by atoms with van der Waals surface area (Å²) in [7, 11) is 1.60. The van der Waals surface area contributed by atoms with Crippen molar-refractivity contribution in [3.63, 3.8) is 0 Å². The predicted molar refractivity (Wildman–Crippen MR) is 93.3 cm³/mol. The minimum absolute atomic E-state index is 0.144. The third-order valence-corrected chi connectivity index (χ3v) is 3.68. The van der Waals surface area contributed by atoms with E-state index in [0.29, 0.717) is 25.5 Å². The molecule has 0 unspecified atom stereocenters. The van der Waals surface area contributed by atoms with Crippen LogP contribution in [-0.2, 0) is 11.3 Å². The molecule has 1 amide bonds. The molecule has 0 saturated heterocycles. The van der Waals surface area contributed by atoms with E-state index in [1.807, 2.05) is 54.6 Å². The molecule has 2 aromatic carbocycles. The lowest BCUT2D eigenvalue weighted by atomic mass is 10.2. The summed E-state index contributed by atoms with van der Waals surface area (Å²) < 4.78 is 10.7. The number of methoxy groups -OCH3 is 1. The van der Waals surface area contributed by atoms with Crippen molar-refractivity contribution < 1.29 is 14.3 Å². The van der Waals surface area contributed by atoms with Gasteiger partial charge in [-0.2, -0.15) is 0 Å². The van der Waals surface area contributed by atoms with Gasteiger partial charge in [0.15, 0.2) is 0 Å². The van der Waals surface area contributed by atoms with Crippen molar-refractivity contribution in [1.82, 2.24) is 10.3 Å². The van der Waals surface area contributed by atoms with Gasteiger partial charge in [0.2, 0.25) is 0 Å². The van der Waals surface area contributed by atoms with Crippen LogP contribution >= 0.6 is 0 Å². The van der Waals surface area contributed by atoms with Gasteiger partial charge in [0.25, 0.3) is 5.91 Å². The van der Waals surface area contributed by atoms with E-state index in [2.05, 4.69) is 10.3 Å². The summed E-state index contributed by atoms with van der Waals surface area (Å²) >= 11 is 0. The van der Waals surface area contributed by atoms with Crippen LogP contribution in [0.1, 0.15) is 16.1 Å². The number of benzene rings is 2. The average Bonchev–Trinajstić information content (AvgIpc) is 3.04. The molecule has 24 heavy (non-hydrogen) atoms. The summed E-state index contributed by atoms with van der Waals surface area (Å²) in [6.07, 6.45) is 0. The molecule has 0 fully saturated rings. The first-order valence-electron chi connectivity index (χ1n) is 7.83. The van der Waals surface area contributed by atoms with E-state index in [-0.39, 0.29) is 5.91 Å². The minimum Gasteiger partial charge on any atom is -0.489 e. The van der Waals surface area contributed by atoms with E-state index in [1.54, 1.807) is 7.11 Å². The number of rotatable bonds is 7. The van der Waals surface area contributed by atoms with Crippen molar-refractivity contribution in [2.45, 2.75) is 6.61 Å². The molecule has 0 spiro atoms. The number of hydrogen-bond acceptors (Lipinski definition) is 3. The standard InChI is InChI=1S/C19H20N2O3/c1-23-10-9-20-19(22)18-11-15-7-8-16(12-17(15)21-18)24-13-14-5-3-2-4-6-14/h2-8,11-12,21H,9-10,13H2,1H3,(H,20,22). The fourth-order valence-corrected chi connectivity index (χ4v) is 2.42. The summed E-state index contributed by atoms with van der Waals surface area (Å²) in [4.78, 5) is 15.2. The van der Waals surface area contributed by atoms with Crippen molar-refractivity contribution in [3.05, 3.63) is 65.9 Å². The molecule has 124 valence electrons. The van der Waals surface area contributed by atoms with Crippen LogP contribution in [0.4, 0.5) is 0 Å². The van der Waals surface area contributed by atoms with Gasteiger partial charge in [-0.15, -0.1) is 0 Å². The molecular weight excluding hydrogens is 304 g/mol. The van der Waals surface area contributed by atoms with Crippen LogP contribution in [0.3, 0.4) is 0 Å². The molecular formula is C19H20N2O3. The monoisotopic (exact) mass is 324 g/mol. The Hall–Kier alpha value is -2.79. The molecule has 2 N–H and O–H groups in total. The van der Waals surface area contributed by atoms with Crippen LogP contribution in [0.15, 0.2) is 54.6 Å². The molecule has 3 rings (SSSR count). The fourth-order valence-electron chi connectivity index (χ4n) is 2.42. The summed E-state index contributed by atoms with van der Waals surface area (Å²) in [6, 6.07) is 17.6. The van der Waals surface area contributed by atoms with E-state index in [0.717, 1.165) is 22.2 Å². The third kappa shape index (κ3) is 3.94. The van der Waals surface area contributed by atoms with Crippen LogP contribution in [0.25, 0.3) is 10.9 Å². The lowest BCUT2D eigenvalue weighted by molar-refractivity contribution is 0.0933. The van der Waals surface area contributed by atoms with Crippen LogP contribution < -0.4 is 10.1 Å². The van der Waals surface area contributed by atoms with Gasteiger partial charge in [0.05, 0.1) is 6.61 Å². The number of ether oxygens (including phenoxy) is 2. The van der Waals surface area contributed by atoms with Crippen LogP contribution in [-0.4, -0.2) is 31.2 Å². The molecule has 0 radical (unpaired) electrons. The van der Waals surface area contributed by atoms with Crippen molar-refractivity contribution in [2.24, 2.45) is 0 Å². The Morgan fingerprint density at radius 1 is 1.12 bits per heavy atom. The van der Waals surface area contributed by atoms with Gasteiger partial charge in [-0.3, -0.25) is 4.79 Å². The highest BCUT2D eigenvalue weighted by molar-refractivity contribution is 5.98. The smallest absolute Gasteiger partial charge is 0.267 e. The second-order valence-corrected chi connectivity index (χ2v) is 5.46. The zero-order chi connectivity index (χ0) is 16.8. The Kier molecular flexibility index (Phi) is 5.13. The Morgan fingerprint density at radius 3 is 2.75 bits per heavy atom. The Morgan fingerprint density at radius 2 is 1.96 bits per heavy atom. The first-order chi connectivity index (χ1) is 11.8. The normalized spacial score (nSPS) is 10.7. The zero-order valence-corrected chi connectivity index (χ0v) is 13.5. The summed E-state index contributed by atoms with van der Waals surface area (Å²) in [5.41, 5.74) is 2.51. The number of H-pyrrole nitrogens is 1. The Balaban J connectivity index is 1.68. The quantitative estimate of drug-likeness (QED) is 0.656. The lowest BCUT2D eigenvalue weighted by Crippen LogP contribution is -2.27. The number of nitrogens with one attached hydrogen (secondary N) is 2. The molecule has 5 heteroatoms. The minimum atomic E-state index is -0.144. The van der Waals surface area contributed by atoms with Crippen molar-refractivity contribution in [3.8, 4) is 5.75 Å². The number of carbonyl (C=O) groups is 1. The second-order valence-electron chi connectivity index (χ2n) is 5.46. The van der Waals surface area contributed by atoms with Gasteiger partial charge in [-0.25, -0.2) is 0 Å². The molecule has 0 saturated carbocycles. The average molecular weight is 324 g/mol. The molecule has 1 heterocycles. The molecule has 0 bridgehead atoms. The van der Waals surface area contributed by atoms with Crippen LogP contribution in [0, 0.1) is 0 Å². The second kappa shape index (κ2) is 7.66. The molecule has 0 aliphatic carbocycles. The number of aromatic nitrogens is 1. The van der Waals surface area contributed by atoms with E-state index < -0.39 is 0 Å². The molecule has 5 nitrogen and oxygen atoms in total. The maximum atomic E-state index is 12.1. The van der Waals surface area contributed by atoms with Crippen LogP contribution in [0.5, 0.6) is 5.75 Å². The van der Waals surface area contributed by atoms with Crippen molar-refractivity contribution in [1.29, 1.82) is 0 Å². The van der Waals surface area contributed by atoms with Gasteiger partial charge < -0.3 is 19.8 Å². The number of aromatic amines is 1. The Bertz CT molecular complexity index is 812. The molecule has 0 aliphatic heterocycles. The van der Waals surface area contributed by atoms with Gasteiger partial charge in [0.1, 0.15) is 18.1 Å². The van der Waals surface area contributed by atoms with Gasteiger partial charge in [-0.1, -0.05) is 30.3 Å². The van der Waals surface area contributed by atoms with Crippen LogP contribution in [0.2, 0.25) is 0 Å². The Labute approximate surface area is 140 Å². The van der Waals surface area contributed by atoms with E-state index in [9.17, 15) is 4.79 Å². The highest BCUT2D eigenvalue weighted by Gasteiger charge is 2.09. The largest absolute Gasteiger partial charge is 0.489 e. The number of hydrogen-bond donors (Lipinski definition) is 2. The predicted octanol–water partition coefficient (Wildman–Crippen LogP) is 3.12. The topological polar surface area (TPSA) is 63.4 Å². The fraction of sp³-hybridized carbons (Fsp3) is 0.211. The number of carbonyl (C=O) groups excluding carboxylic acids is 1. The lowest BCUT2D eigenvalue weighted by Gasteiger charge is -2.06. The van der Waals surface area contributed by atoms with Gasteiger partial charge >= 0.3 is 0 Å². The number of fused-ring (bicyclic) bond motifs is 1.